The molecule has 6 nitrogen and oxygen atoms in total. The summed E-state index contributed by atoms with van der Waals surface area (Å²) >= 11 is 0. The van der Waals surface area contributed by atoms with E-state index in [1.54, 1.807) is 29.2 Å². The number of aryl methyl sites for hydroxylation is 1. The Morgan fingerprint density at radius 1 is 1.00 bits per heavy atom. The zero-order chi connectivity index (χ0) is 24.2. The Bertz CT molecular complexity index is 994. The fourth-order valence-corrected chi connectivity index (χ4v) is 4.36. The molecule has 2 aromatic rings. The number of carbonyl (C=O) groups is 3. The van der Waals surface area contributed by atoms with Gasteiger partial charge in [-0.15, -0.1) is 0 Å². The van der Waals surface area contributed by atoms with Crippen LogP contribution in [0.1, 0.15) is 68.4 Å². The number of urea groups is 1. The summed E-state index contributed by atoms with van der Waals surface area (Å²) < 4.78 is 6.23. The van der Waals surface area contributed by atoms with Crippen molar-refractivity contribution in [1.82, 2.24) is 9.80 Å². The molecule has 0 saturated carbocycles. The normalized spacial score (nSPS) is 16.8. The van der Waals surface area contributed by atoms with Crippen molar-refractivity contribution in [3.63, 3.8) is 0 Å². The Morgan fingerprint density at radius 3 is 2.12 bits per heavy atom. The number of rotatable bonds is 9. The predicted octanol–water partition coefficient (Wildman–Crippen LogP) is 5.58. The number of hydrogen-bond donors (Lipinski definition) is 0. The van der Waals surface area contributed by atoms with Crippen molar-refractivity contribution in [2.45, 2.75) is 66.7 Å². The highest BCUT2D eigenvalue weighted by atomic mass is 16.5. The Labute approximate surface area is 196 Å². The molecule has 0 spiro atoms. The average molecular weight is 451 g/mol. The van der Waals surface area contributed by atoms with Gasteiger partial charge < -0.3 is 9.64 Å². The van der Waals surface area contributed by atoms with Crippen LogP contribution in [-0.2, 0) is 11.3 Å². The standard InChI is InChI=1S/C27H34N2O4/c1-6-17-28(18-21-11-9-19(4)10-12-21)26(32)29-24(31)27(7-2,8-3)25(29)33-23-15-13-22(14-16-23)20(5)30/h9-16,25H,6-8,17-18H2,1-5H3/t25-/m1/s1. The molecule has 1 aliphatic heterocycles. The van der Waals surface area contributed by atoms with E-state index >= 15 is 0 Å². The van der Waals surface area contributed by atoms with Crippen LogP contribution in [0.3, 0.4) is 0 Å². The molecule has 0 aliphatic carbocycles. The number of ether oxygens (including phenoxy) is 1. The molecule has 0 bridgehead atoms. The predicted molar refractivity (Wildman–Crippen MR) is 128 cm³/mol. The molecule has 1 saturated heterocycles. The van der Waals surface area contributed by atoms with Crippen LogP contribution >= 0.6 is 0 Å². The molecule has 0 unspecified atom stereocenters. The van der Waals surface area contributed by atoms with Gasteiger partial charge in [-0.05, 0) is 62.9 Å². The first kappa shape index (κ1) is 24.5. The van der Waals surface area contributed by atoms with Gasteiger partial charge in [-0.1, -0.05) is 50.6 Å². The van der Waals surface area contributed by atoms with Gasteiger partial charge in [-0.3, -0.25) is 9.59 Å². The molecule has 176 valence electrons. The molecule has 1 fully saturated rings. The molecule has 3 rings (SSSR count). The molecule has 1 atom stereocenters. The van der Waals surface area contributed by atoms with Gasteiger partial charge in [0.15, 0.2) is 12.0 Å². The van der Waals surface area contributed by atoms with Gasteiger partial charge in [-0.25, -0.2) is 9.69 Å². The molecular formula is C27H34N2O4. The van der Waals surface area contributed by atoms with E-state index in [0.29, 0.717) is 37.2 Å². The van der Waals surface area contributed by atoms with Crippen LogP contribution in [0.25, 0.3) is 0 Å². The van der Waals surface area contributed by atoms with Crippen LogP contribution < -0.4 is 4.74 Å². The maximum Gasteiger partial charge on any atom is 0.330 e. The fourth-order valence-electron chi connectivity index (χ4n) is 4.36. The zero-order valence-electron chi connectivity index (χ0n) is 20.3. The van der Waals surface area contributed by atoms with Crippen molar-refractivity contribution in [3.05, 3.63) is 65.2 Å². The van der Waals surface area contributed by atoms with E-state index in [0.717, 1.165) is 17.5 Å². The second-order valence-electron chi connectivity index (χ2n) is 8.78. The van der Waals surface area contributed by atoms with Crippen molar-refractivity contribution >= 4 is 17.7 Å². The smallest absolute Gasteiger partial charge is 0.330 e. The molecule has 6 heteroatoms. The van der Waals surface area contributed by atoms with Crippen LogP contribution in [-0.4, -0.2) is 40.3 Å². The highest BCUT2D eigenvalue weighted by molar-refractivity contribution is 6.03. The zero-order valence-corrected chi connectivity index (χ0v) is 20.3. The molecule has 2 aromatic carbocycles. The van der Waals surface area contributed by atoms with Crippen LogP contribution in [0.4, 0.5) is 4.79 Å². The first-order chi connectivity index (χ1) is 15.8. The van der Waals surface area contributed by atoms with Crippen molar-refractivity contribution in [1.29, 1.82) is 0 Å². The third kappa shape index (κ3) is 4.80. The Balaban J connectivity index is 1.86. The van der Waals surface area contributed by atoms with Crippen LogP contribution in [0.15, 0.2) is 48.5 Å². The van der Waals surface area contributed by atoms with Crippen LogP contribution in [0, 0.1) is 12.3 Å². The van der Waals surface area contributed by atoms with E-state index in [4.69, 9.17) is 4.74 Å². The first-order valence-electron chi connectivity index (χ1n) is 11.7. The van der Waals surface area contributed by atoms with Gasteiger partial charge >= 0.3 is 6.03 Å². The van der Waals surface area contributed by atoms with Crippen molar-refractivity contribution < 1.29 is 19.1 Å². The lowest BCUT2D eigenvalue weighted by Gasteiger charge is -2.54. The maximum absolute atomic E-state index is 13.6. The second-order valence-corrected chi connectivity index (χ2v) is 8.78. The molecule has 0 N–H and O–H groups in total. The molecule has 1 aliphatic rings. The van der Waals surface area contributed by atoms with Gasteiger partial charge in [0, 0.05) is 18.7 Å². The number of ketones is 1. The van der Waals surface area contributed by atoms with E-state index in [1.807, 2.05) is 52.0 Å². The minimum Gasteiger partial charge on any atom is -0.469 e. The number of Topliss-reactive ketones (excluding diaryl/α,β-unsaturated/α-hetero) is 1. The van der Waals surface area contributed by atoms with Gasteiger partial charge in [-0.2, -0.15) is 0 Å². The number of carbonyl (C=O) groups excluding carboxylic acids is 3. The van der Waals surface area contributed by atoms with Crippen LogP contribution in [0.5, 0.6) is 5.75 Å². The SMILES string of the molecule is CCCN(Cc1ccc(C)cc1)C(=O)N1C(=O)C(CC)(CC)[C@H]1Oc1ccc(C(C)=O)cc1. The molecule has 1 heterocycles. The second kappa shape index (κ2) is 10.2. The van der Waals surface area contributed by atoms with E-state index in [9.17, 15) is 14.4 Å². The number of likely N-dealkylation sites (tertiary alicyclic amines) is 1. The van der Waals surface area contributed by atoms with Gasteiger partial charge in [0.1, 0.15) is 11.2 Å². The fraction of sp³-hybridized carbons (Fsp3) is 0.444. The third-order valence-corrected chi connectivity index (χ3v) is 6.59. The van der Waals surface area contributed by atoms with E-state index in [2.05, 4.69) is 0 Å². The van der Waals surface area contributed by atoms with E-state index < -0.39 is 11.6 Å². The summed E-state index contributed by atoms with van der Waals surface area (Å²) in [4.78, 5) is 41.4. The number of benzene rings is 2. The minimum atomic E-state index is -0.739. The monoisotopic (exact) mass is 450 g/mol. The number of imide groups is 1. The van der Waals surface area contributed by atoms with Crippen molar-refractivity contribution in [2.24, 2.45) is 5.41 Å². The molecule has 33 heavy (non-hydrogen) atoms. The quantitative estimate of drug-likeness (QED) is 0.369. The van der Waals surface area contributed by atoms with Gasteiger partial charge in [0.25, 0.3) is 0 Å². The number of nitrogens with zero attached hydrogens (tertiary/aromatic N) is 2. The Morgan fingerprint density at radius 2 is 1.61 bits per heavy atom. The summed E-state index contributed by atoms with van der Waals surface area (Å²) in [7, 11) is 0. The highest BCUT2D eigenvalue weighted by Gasteiger charge is 2.63. The van der Waals surface area contributed by atoms with E-state index in [1.165, 1.54) is 11.8 Å². The summed E-state index contributed by atoms with van der Waals surface area (Å²) in [5.41, 5.74) is 2.02. The molecule has 3 amide bonds. The first-order valence-corrected chi connectivity index (χ1v) is 11.7. The largest absolute Gasteiger partial charge is 0.469 e. The summed E-state index contributed by atoms with van der Waals surface area (Å²) in [6, 6.07) is 14.6. The Hall–Kier alpha value is -3.15. The molecule has 0 aromatic heterocycles. The lowest BCUT2D eigenvalue weighted by atomic mass is 9.72. The average Bonchev–Trinajstić information content (AvgIpc) is 2.81. The van der Waals surface area contributed by atoms with E-state index in [-0.39, 0.29) is 17.7 Å². The summed E-state index contributed by atoms with van der Waals surface area (Å²) in [5.74, 6) is 0.315. The minimum absolute atomic E-state index is 0.0278. The number of hydrogen-bond acceptors (Lipinski definition) is 4. The summed E-state index contributed by atoms with van der Waals surface area (Å²) in [6.45, 7) is 10.4. The van der Waals surface area contributed by atoms with Crippen molar-refractivity contribution in [2.75, 3.05) is 6.54 Å². The third-order valence-electron chi connectivity index (χ3n) is 6.59. The van der Waals surface area contributed by atoms with Gasteiger partial charge in [0.2, 0.25) is 5.91 Å². The molecular weight excluding hydrogens is 416 g/mol. The summed E-state index contributed by atoms with van der Waals surface area (Å²) in [5, 5.41) is 0. The lowest BCUT2D eigenvalue weighted by Crippen LogP contribution is -2.73. The highest BCUT2D eigenvalue weighted by Crippen LogP contribution is 2.46. The van der Waals surface area contributed by atoms with Gasteiger partial charge in [0.05, 0.1) is 0 Å². The van der Waals surface area contributed by atoms with Crippen molar-refractivity contribution in [3.8, 4) is 5.75 Å². The Kier molecular flexibility index (Phi) is 7.57. The van der Waals surface area contributed by atoms with Crippen LogP contribution in [0.2, 0.25) is 0 Å². The number of β-lactam (4-membered cyclic amide) rings is 1. The topological polar surface area (TPSA) is 66.9 Å². The lowest BCUT2D eigenvalue weighted by molar-refractivity contribution is -0.192. The maximum atomic E-state index is 13.6. The molecule has 0 radical (unpaired) electrons. The number of amides is 3. The summed E-state index contributed by atoms with van der Waals surface area (Å²) in [6.07, 6.45) is 1.25.